The lowest BCUT2D eigenvalue weighted by Gasteiger charge is -2.10. The van der Waals surface area contributed by atoms with Gasteiger partial charge in [0.05, 0.1) is 31.8 Å². The highest BCUT2D eigenvalue weighted by Crippen LogP contribution is 2.24. The molecular weight excluding hydrogens is 444 g/mol. The van der Waals surface area contributed by atoms with Gasteiger partial charge in [-0.15, -0.1) is 0 Å². The van der Waals surface area contributed by atoms with E-state index >= 15 is 0 Å². The second kappa shape index (κ2) is 12.9. The fraction of sp³-hybridized carbons (Fsp3) is 0.455. The second-order valence-corrected chi connectivity index (χ2v) is 8.10. The maximum Gasteiger partial charge on any atom is 0.258 e. The Morgan fingerprint density at radius 1 is 1.12 bits per heavy atom. The maximum absolute atomic E-state index is 12.2. The van der Waals surface area contributed by atoms with Crippen LogP contribution >= 0.6 is 11.8 Å². The number of thioether (sulfide) groups is 1. The molecule has 0 saturated carbocycles. The third-order valence-corrected chi connectivity index (χ3v) is 5.64. The van der Waals surface area contributed by atoms with Crippen molar-refractivity contribution in [1.29, 1.82) is 0 Å². The summed E-state index contributed by atoms with van der Waals surface area (Å²) in [7, 11) is 3.26. The molecule has 0 radical (unpaired) electrons. The predicted molar refractivity (Wildman–Crippen MR) is 128 cm³/mol. The topological polar surface area (TPSA) is 112 Å². The average molecular weight is 475 g/mol. The number of nitrogens with one attached hydrogen (secondary N) is 2. The van der Waals surface area contributed by atoms with E-state index in [1.807, 2.05) is 0 Å². The summed E-state index contributed by atoms with van der Waals surface area (Å²) in [6.07, 6.45) is 2.77. The zero-order valence-electron chi connectivity index (χ0n) is 19.2. The lowest BCUT2D eigenvalue weighted by atomic mass is 10.3. The van der Waals surface area contributed by atoms with Gasteiger partial charge in [-0.05, 0) is 30.7 Å². The molecule has 0 unspecified atom stereocenters. The number of carbonyl (C=O) groups excluding carboxylic acids is 1. The molecule has 3 aromatic rings. The summed E-state index contributed by atoms with van der Waals surface area (Å²) in [5.41, 5.74) is 0.729. The fourth-order valence-corrected chi connectivity index (χ4v) is 3.63. The van der Waals surface area contributed by atoms with E-state index in [1.165, 1.54) is 0 Å². The van der Waals surface area contributed by atoms with Crippen LogP contribution in [0.15, 0.2) is 35.6 Å². The zero-order valence-corrected chi connectivity index (χ0v) is 20.0. The molecule has 11 heteroatoms. The average Bonchev–Trinajstić information content (AvgIpc) is 3.25. The normalized spacial score (nSPS) is 10.9. The Balaban J connectivity index is 1.58. The molecule has 1 amide bonds. The number of fused-ring (bicyclic) bond motifs is 1. The number of hydrogen-bond acceptors (Lipinski definition) is 9. The SMILES string of the molecule is CCCSc1nc(NCCOC)c2cnn(CCNC(=O)COc3ccc(OC)cc3)c2n1. The number of benzene rings is 1. The molecule has 0 spiro atoms. The van der Waals surface area contributed by atoms with Gasteiger partial charge in [-0.3, -0.25) is 4.79 Å². The molecule has 2 N–H and O–H groups in total. The first-order valence-corrected chi connectivity index (χ1v) is 11.8. The summed E-state index contributed by atoms with van der Waals surface area (Å²) in [5, 5.41) is 12.1. The smallest absolute Gasteiger partial charge is 0.258 e. The summed E-state index contributed by atoms with van der Waals surface area (Å²) < 4.78 is 17.5. The largest absolute Gasteiger partial charge is 0.497 e. The van der Waals surface area contributed by atoms with Crippen LogP contribution in [-0.4, -0.2) is 71.9 Å². The first kappa shape index (κ1) is 24.6. The monoisotopic (exact) mass is 474 g/mol. The number of nitrogens with zero attached hydrogens (tertiary/aromatic N) is 4. The van der Waals surface area contributed by atoms with Crippen molar-refractivity contribution < 1.29 is 19.0 Å². The van der Waals surface area contributed by atoms with Crippen molar-refractivity contribution in [2.75, 3.05) is 51.6 Å². The Morgan fingerprint density at radius 3 is 2.64 bits per heavy atom. The third kappa shape index (κ3) is 7.22. The Bertz CT molecular complexity index is 1030. The van der Waals surface area contributed by atoms with Crippen molar-refractivity contribution in [3.05, 3.63) is 30.5 Å². The Labute approximate surface area is 197 Å². The lowest BCUT2D eigenvalue weighted by molar-refractivity contribution is -0.123. The van der Waals surface area contributed by atoms with Crippen molar-refractivity contribution in [3.63, 3.8) is 0 Å². The summed E-state index contributed by atoms with van der Waals surface area (Å²) in [4.78, 5) is 21.5. The highest BCUT2D eigenvalue weighted by atomic mass is 32.2. The number of ether oxygens (including phenoxy) is 3. The Morgan fingerprint density at radius 2 is 1.91 bits per heavy atom. The minimum Gasteiger partial charge on any atom is -0.497 e. The van der Waals surface area contributed by atoms with E-state index < -0.39 is 0 Å². The Kier molecular flexibility index (Phi) is 9.58. The molecule has 0 aliphatic carbocycles. The molecule has 0 aliphatic rings. The number of amides is 1. The van der Waals surface area contributed by atoms with Crippen LogP contribution in [0.25, 0.3) is 11.0 Å². The molecule has 0 atom stereocenters. The fourth-order valence-electron chi connectivity index (χ4n) is 2.94. The van der Waals surface area contributed by atoms with Gasteiger partial charge >= 0.3 is 0 Å². The van der Waals surface area contributed by atoms with Crippen molar-refractivity contribution in [2.24, 2.45) is 0 Å². The van der Waals surface area contributed by atoms with Gasteiger partial charge in [-0.2, -0.15) is 5.10 Å². The number of anilines is 1. The highest BCUT2D eigenvalue weighted by molar-refractivity contribution is 7.99. The zero-order chi connectivity index (χ0) is 23.5. The highest BCUT2D eigenvalue weighted by Gasteiger charge is 2.13. The number of methoxy groups -OCH3 is 2. The molecule has 178 valence electrons. The van der Waals surface area contributed by atoms with E-state index in [1.54, 1.807) is 61.1 Å². The molecular formula is C22H30N6O4S. The Hall–Kier alpha value is -3.05. The van der Waals surface area contributed by atoms with E-state index in [4.69, 9.17) is 14.2 Å². The molecule has 2 heterocycles. The van der Waals surface area contributed by atoms with Gasteiger partial charge in [0.1, 0.15) is 17.3 Å². The molecule has 0 saturated heterocycles. The standard InChI is InChI=1S/C22H30N6O4S/c1-4-13-33-22-26-20(24-10-12-30-2)18-14-25-28(21(18)27-22)11-9-23-19(29)15-32-17-7-5-16(31-3)6-8-17/h5-8,14H,4,9-13,15H2,1-3H3,(H,23,29)(H,24,26,27). The molecule has 0 fully saturated rings. The summed E-state index contributed by atoms with van der Waals surface area (Å²) in [5.74, 6) is 2.79. The number of aromatic nitrogens is 4. The van der Waals surface area contributed by atoms with Gasteiger partial charge in [0.2, 0.25) is 0 Å². The minimum absolute atomic E-state index is 0.0697. The van der Waals surface area contributed by atoms with E-state index in [0.717, 1.165) is 34.8 Å². The van der Waals surface area contributed by atoms with E-state index in [0.29, 0.717) is 37.1 Å². The van der Waals surface area contributed by atoms with Gasteiger partial charge in [0, 0.05) is 26.0 Å². The first-order valence-electron chi connectivity index (χ1n) is 10.8. The minimum atomic E-state index is -0.210. The van der Waals surface area contributed by atoms with Crippen molar-refractivity contribution in [2.45, 2.75) is 25.0 Å². The summed E-state index contributed by atoms with van der Waals surface area (Å²) in [6.45, 7) is 4.13. The lowest BCUT2D eigenvalue weighted by Crippen LogP contribution is -2.31. The van der Waals surface area contributed by atoms with Crippen molar-refractivity contribution in [3.8, 4) is 11.5 Å². The van der Waals surface area contributed by atoms with E-state index in [2.05, 4.69) is 32.6 Å². The van der Waals surface area contributed by atoms with Crippen LogP contribution in [0.2, 0.25) is 0 Å². The van der Waals surface area contributed by atoms with Crippen molar-refractivity contribution in [1.82, 2.24) is 25.1 Å². The van der Waals surface area contributed by atoms with Crippen molar-refractivity contribution >= 4 is 34.5 Å². The quantitative estimate of drug-likeness (QED) is 0.207. The van der Waals surface area contributed by atoms with Crippen LogP contribution in [0.5, 0.6) is 11.5 Å². The first-order chi connectivity index (χ1) is 16.1. The van der Waals surface area contributed by atoms with Crippen LogP contribution < -0.4 is 20.1 Å². The second-order valence-electron chi connectivity index (χ2n) is 7.04. The predicted octanol–water partition coefficient (Wildman–Crippen LogP) is 2.59. The summed E-state index contributed by atoms with van der Waals surface area (Å²) >= 11 is 1.61. The molecule has 1 aromatic carbocycles. The molecule has 33 heavy (non-hydrogen) atoms. The van der Waals surface area contributed by atoms with Crippen LogP contribution in [0.1, 0.15) is 13.3 Å². The number of rotatable bonds is 14. The van der Waals surface area contributed by atoms with E-state index in [9.17, 15) is 4.79 Å². The molecule has 10 nitrogen and oxygen atoms in total. The van der Waals surface area contributed by atoms with Gasteiger partial charge in [-0.25, -0.2) is 14.6 Å². The maximum atomic E-state index is 12.2. The van der Waals surface area contributed by atoms with Crippen LogP contribution in [0, 0.1) is 0 Å². The van der Waals surface area contributed by atoms with Gasteiger partial charge < -0.3 is 24.8 Å². The molecule has 0 aliphatic heterocycles. The van der Waals surface area contributed by atoms with Gasteiger partial charge in [0.25, 0.3) is 5.91 Å². The molecule has 3 rings (SSSR count). The van der Waals surface area contributed by atoms with Crippen LogP contribution in [0.4, 0.5) is 5.82 Å². The van der Waals surface area contributed by atoms with Gasteiger partial charge in [0.15, 0.2) is 17.4 Å². The summed E-state index contributed by atoms with van der Waals surface area (Å²) in [6, 6.07) is 7.08. The number of carbonyl (C=O) groups is 1. The van der Waals surface area contributed by atoms with E-state index in [-0.39, 0.29) is 12.5 Å². The third-order valence-electron chi connectivity index (χ3n) is 4.58. The van der Waals surface area contributed by atoms with Crippen LogP contribution in [-0.2, 0) is 16.1 Å². The number of hydrogen-bond donors (Lipinski definition) is 2. The molecule has 2 aromatic heterocycles. The molecule has 0 bridgehead atoms. The van der Waals surface area contributed by atoms with Crippen LogP contribution in [0.3, 0.4) is 0 Å². The van der Waals surface area contributed by atoms with Gasteiger partial charge in [-0.1, -0.05) is 18.7 Å².